The lowest BCUT2D eigenvalue weighted by Gasteiger charge is -2.15. The van der Waals surface area contributed by atoms with Gasteiger partial charge in [0, 0.05) is 11.7 Å². The molecule has 1 aliphatic carbocycles. The molecule has 0 aromatic heterocycles. The Morgan fingerprint density at radius 1 is 1.37 bits per heavy atom. The fraction of sp³-hybridized carbons (Fsp3) is 0.562. The fourth-order valence-corrected chi connectivity index (χ4v) is 2.66. The molecule has 1 aromatic carbocycles. The molecule has 0 unspecified atom stereocenters. The highest BCUT2D eigenvalue weighted by atomic mass is 16.2. The Morgan fingerprint density at radius 3 is 2.89 bits per heavy atom. The van der Waals surface area contributed by atoms with Crippen molar-refractivity contribution in [3.8, 4) is 0 Å². The molecule has 1 fully saturated rings. The van der Waals surface area contributed by atoms with E-state index in [2.05, 4.69) is 22.8 Å². The number of hydrogen-bond acceptors (Lipinski definition) is 2. The van der Waals surface area contributed by atoms with Crippen molar-refractivity contribution >= 4 is 11.6 Å². The number of carbonyl (C=O) groups is 1. The molecule has 2 aliphatic rings. The topological polar surface area (TPSA) is 41.1 Å². The molecule has 1 saturated carbocycles. The molecule has 0 atom stereocenters. The molecule has 102 valence electrons. The van der Waals surface area contributed by atoms with Crippen molar-refractivity contribution in [2.75, 3.05) is 11.9 Å². The number of fused-ring (bicyclic) bond motifs is 1. The summed E-state index contributed by atoms with van der Waals surface area (Å²) in [5.41, 5.74) is 3.07. The highest BCUT2D eigenvalue weighted by Gasteiger charge is 2.38. The van der Waals surface area contributed by atoms with Crippen molar-refractivity contribution in [2.45, 2.75) is 51.0 Å². The first-order valence-electron chi connectivity index (χ1n) is 7.25. The maximum atomic E-state index is 11.9. The molecule has 19 heavy (non-hydrogen) atoms. The maximum Gasteiger partial charge on any atom is 0.234 e. The van der Waals surface area contributed by atoms with Crippen LogP contribution in [0.25, 0.3) is 0 Å². The minimum absolute atomic E-state index is 0.107. The second-order valence-corrected chi connectivity index (χ2v) is 6.29. The number of nitrogens with one attached hydrogen (secondary N) is 2. The van der Waals surface area contributed by atoms with Crippen LogP contribution in [-0.2, 0) is 16.6 Å². The van der Waals surface area contributed by atoms with Gasteiger partial charge in [-0.3, -0.25) is 4.79 Å². The van der Waals surface area contributed by atoms with E-state index < -0.39 is 5.41 Å². The van der Waals surface area contributed by atoms with Gasteiger partial charge < -0.3 is 10.6 Å². The first kappa shape index (κ1) is 12.7. The fourth-order valence-electron chi connectivity index (χ4n) is 2.66. The second-order valence-electron chi connectivity index (χ2n) is 6.29. The molecule has 0 radical (unpaired) electrons. The van der Waals surface area contributed by atoms with E-state index in [0.717, 1.165) is 36.7 Å². The van der Waals surface area contributed by atoms with Crippen LogP contribution in [-0.4, -0.2) is 18.5 Å². The van der Waals surface area contributed by atoms with Crippen molar-refractivity contribution in [1.82, 2.24) is 5.32 Å². The summed E-state index contributed by atoms with van der Waals surface area (Å²) in [5.74, 6) is 0.107. The Balaban J connectivity index is 1.64. The van der Waals surface area contributed by atoms with Gasteiger partial charge in [-0.25, -0.2) is 0 Å². The number of amides is 1. The van der Waals surface area contributed by atoms with Crippen molar-refractivity contribution in [1.29, 1.82) is 0 Å². The summed E-state index contributed by atoms with van der Waals surface area (Å²) in [6.07, 6.45) is 4.94. The Bertz CT molecular complexity index is 503. The lowest BCUT2D eigenvalue weighted by molar-refractivity contribution is -0.119. The van der Waals surface area contributed by atoms with Gasteiger partial charge >= 0.3 is 0 Å². The Kier molecular flexibility index (Phi) is 3.09. The van der Waals surface area contributed by atoms with Crippen LogP contribution in [0.2, 0.25) is 0 Å². The predicted octanol–water partition coefficient (Wildman–Crippen LogP) is 2.60. The quantitative estimate of drug-likeness (QED) is 0.797. The van der Waals surface area contributed by atoms with Crippen LogP contribution in [0, 0.1) is 0 Å². The Labute approximate surface area is 114 Å². The molecule has 1 aromatic rings. The molecular weight excluding hydrogens is 236 g/mol. The zero-order valence-corrected chi connectivity index (χ0v) is 11.8. The van der Waals surface area contributed by atoms with Crippen LogP contribution < -0.4 is 10.6 Å². The van der Waals surface area contributed by atoms with Crippen molar-refractivity contribution in [2.24, 2.45) is 0 Å². The average molecular weight is 258 g/mol. The third-order valence-electron chi connectivity index (χ3n) is 4.23. The highest BCUT2D eigenvalue weighted by molar-refractivity contribution is 6.05. The summed E-state index contributed by atoms with van der Waals surface area (Å²) >= 11 is 0. The van der Waals surface area contributed by atoms with Gasteiger partial charge in [-0.05, 0) is 63.3 Å². The summed E-state index contributed by atoms with van der Waals surface area (Å²) in [5, 5.41) is 6.49. The average Bonchev–Trinajstić information content (AvgIpc) is 3.16. The molecule has 0 bridgehead atoms. The normalized spacial score (nSPS) is 20.2. The minimum Gasteiger partial charge on any atom is -0.325 e. The van der Waals surface area contributed by atoms with Crippen LogP contribution >= 0.6 is 0 Å². The van der Waals surface area contributed by atoms with Gasteiger partial charge in [0.05, 0.1) is 5.41 Å². The molecule has 3 heteroatoms. The molecule has 3 nitrogen and oxygen atoms in total. The van der Waals surface area contributed by atoms with E-state index in [0.29, 0.717) is 0 Å². The van der Waals surface area contributed by atoms with Crippen LogP contribution in [0.1, 0.15) is 44.2 Å². The van der Waals surface area contributed by atoms with Gasteiger partial charge in [0.15, 0.2) is 0 Å². The number of anilines is 1. The lowest BCUT2D eigenvalue weighted by atomic mass is 9.85. The van der Waals surface area contributed by atoms with E-state index in [1.54, 1.807) is 0 Å². The van der Waals surface area contributed by atoms with Crippen molar-refractivity contribution < 1.29 is 4.79 Å². The van der Waals surface area contributed by atoms with Gasteiger partial charge in [0.25, 0.3) is 0 Å². The molecule has 1 amide bonds. The van der Waals surface area contributed by atoms with Crippen LogP contribution in [0.4, 0.5) is 5.69 Å². The number of rotatable bonds is 5. The molecular formula is C16H22N2O. The molecule has 3 rings (SSSR count). The molecule has 2 N–H and O–H groups in total. The molecule has 1 heterocycles. The first-order valence-corrected chi connectivity index (χ1v) is 7.25. The first-order chi connectivity index (χ1) is 9.07. The van der Waals surface area contributed by atoms with Crippen LogP contribution in [0.3, 0.4) is 0 Å². The zero-order valence-electron chi connectivity index (χ0n) is 11.8. The van der Waals surface area contributed by atoms with E-state index in [1.165, 1.54) is 18.4 Å². The zero-order chi connectivity index (χ0) is 13.5. The standard InChI is InChI=1S/C16H22N2O/c1-16(2)13-10-11(4-3-9-17-12-6-7-12)5-8-14(13)18-15(16)19/h5,8,10,12,17H,3-4,6-7,9H2,1-2H3,(H,18,19). The third-order valence-corrected chi connectivity index (χ3v) is 4.23. The number of benzene rings is 1. The Hall–Kier alpha value is -1.35. The van der Waals surface area contributed by atoms with Gasteiger partial charge in [0.1, 0.15) is 0 Å². The van der Waals surface area contributed by atoms with E-state index >= 15 is 0 Å². The summed E-state index contributed by atoms with van der Waals surface area (Å²) in [4.78, 5) is 11.9. The van der Waals surface area contributed by atoms with Crippen molar-refractivity contribution in [3.05, 3.63) is 29.3 Å². The monoisotopic (exact) mass is 258 g/mol. The summed E-state index contributed by atoms with van der Waals surface area (Å²) in [6.45, 7) is 5.08. The van der Waals surface area contributed by atoms with Gasteiger partial charge in [-0.2, -0.15) is 0 Å². The summed E-state index contributed by atoms with van der Waals surface area (Å²) in [6, 6.07) is 7.17. The summed E-state index contributed by atoms with van der Waals surface area (Å²) in [7, 11) is 0. The van der Waals surface area contributed by atoms with Gasteiger partial charge in [-0.1, -0.05) is 12.1 Å². The Morgan fingerprint density at radius 2 is 2.16 bits per heavy atom. The van der Waals surface area contributed by atoms with Crippen LogP contribution in [0.5, 0.6) is 0 Å². The number of hydrogen-bond donors (Lipinski definition) is 2. The smallest absolute Gasteiger partial charge is 0.234 e. The largest absolute Gasteiger partial charge is 0.325 e. The lowest BCUT2D eigenvalue weighted by Crippen LogP contribution is -2.26. The SMILES string of the molecule is CC1(C)C(=O)Nc2ccc(CCCNC3CC3)cc21. The van der Waals surface area contributed by atoms with E-state index in [4.69, 9.17) is 0 Å². The molecule has 1 aliphatic heterocycles. The van der Waals surface area contributed by atoms with E-state index in [9.17, 15) is 4.79 Å². The highest BCUT2D eigenvalue weighted by Crippen LogP contribution is 2.37. The van der Waals surface area contributed by atoms with E-state index in [-0.39, 0.29) is 5.91 Å². The van der Waals surface area contributed by atoms with E-state index in [1.807, 2.05) is 19.9 Å². The minimum atomic E-state index is -0.391. The summed E-state index contributed by atoms with van der Waals surface area (Å²) < 4.78 is 0. The van der Waals surface area contributed by atoms with Crippen LogP contribution in [0.15, 0.2) is 18.2 Å². The van der Waals surface area contributed by atoms with Crippen molar-refractivity contribution in [3.63, 3.8) is 0 Å². The number of aryl methyl sites for hydroxylation is 1. The maximum absolute atomic E-state index is 11.9. The predicted molar refractivity (Wildman–Crippen MR) is 77.4 cm³/mol. The van der Waals surface area contributed by atoms with Gasteiger partial charge in [-0.15, -0.1) is 0 Å². The number of carbonyl (C=O) groups excluding carboxylic acids is 1. The second kappa shape index (κ2) is 4.64. The van der Waals surface area contributed by atoms with Gasteiger partial charge in [0.2, 0.25) is 5.91 Å². The molecule has 0 spiro atoms. The third kappa shape index (κ3) is 2.52. The molecule has 0 saturated heterocycles.